The summed E-state index contributed by atoms with van der Waals surface area (Å²) < 4.78 is 10.3. The number of pyridine rings is 1. The molecular formula is C18H23N5O. The Hall–Kier alpha value is -2.18. The second-order valence-corrected chi connectivity index (χ2v) is 6.27. The van der Waals surface area contributed by atoms with Crippen molar-refractivity contribution < 1.29 is 4.74 Å². The van der Waals surface area contributed by atoms with E-state index in [1.54, 1.807) is 0 Å². The molecule has 3 aromatic heterocycles. The lowest BCUT2D eigenvalue weighted by Crippen LogP contribution is -2.32. The smallest absolute Gasteiger partial charge is 0.139 e. The monoisotopic (exact) mass is 325 g/mol. The second-order valence-electron chi connectivity index (χ2n) is 6.27. The van der Waals surface area contributed by atoms with E-state index in [4.69, 9.17) is 4.74 Å². The summed E-state index contributed by atoms with van der Waals surface area (Å²) in [6.45, 7) is 6.66. The first-order valence-corrected chi connectivity index (χ1v) is 8.55. The molecule has 3 aromatic rings. The maximum absolute atomic E-state index is 5.96. The topological polar surface area (TPSA) is 56.4 Å². The highest BCUT2D eigenvalue weighted by Gasteiger charge is 2.32. The van der Waals surface area contributed by atoms with Crippen molar-refractivity contribution in [3.05, 3.63) is 54.0 Å². The van der Waals surface area contributed by atoms with E-state index in [0.29, 0.717) is 0 Å². The largest absolute Gasteiger partial charge is 0.369 e. The Labute approximate surface area is 141 Å². The average Bonchev–Trinajstić information content (AvgIpc) is 3.31. The van der Waals surface area contributed by atoms with Crippen molar-refractivity contribution in [3.63, 3.8) is 0 Å². The number of nitrogens with zero attached hydrogens (tertiary/aromatic N) is 4. The molecular weight excluding hydrogens is 302 g/mol. The quantitative estimate of drug-likeness (QED) is 0.783. The van der Waals surface area contributed by atoms with Gasteiger partial charge in [-0.05, 0) is 31.9 Å². The third-order valence-corrected chi connectivity index (χ3v) is 4.79. The number of fused-ring (bicyclic) bond motifs is 1. The minimum Gasteiger partial charge on any atom is -0.369 e. The number of hydrogen-bond acceptors (Lipinski definition) is 4. The first kappa shape index (κ1) is 15.4. The van der Waals surface area contributed by atoms with Crippen LogP contribution in [0.15, 0.2) is 36.9 Å². The summed E-state index contributed by atoms with van der Waals surface area (Å²) in [5.41, 5.74) is 3.38. The number of aryl methyl sites for hydroxylation is 2. The fourth-order valence-electron chi connectivity index (χ4n) is 3.47. The number of imidazole rings is 2. The number of nitrogens with one attached hydrogen (secondary N) is 1. The van der Waals surface area contributed by atoms with E-state index < -0.39 is 0 Å². The van der Waals surface area contributed by atoms with Crippen LogP contribution in [0.2, 0.25) is 0 Å². The lowest BCUT2D eigenvalue weighted by Gasteiger charge is -2.20. The molecule has 1 fully saturated rings. The van der Waals surface area contributed by atoms with E-state index >= 15 is 0 Å². The average molecular weight is 325 g/mol. The molecule has 1 aliphatic heterocycles. The molecule has 1 saturated heterocycles. The number of rotatable bonds is 5. The zero-order chi connectivity index (χ0) is 16.5. The third kappa shape index (κ3) is 2.61. The normalized spacial score (nSPS) is 20.9. The maximum atomic E-state index is 5.96. The van der Waals surface area contributed by atoms with Crippen molar-refractivity contribution in [2.45, 2.75) is 45.5 Å². The molecule has 1 N–H and O–H groups in total. The zero-order valence-electron chi connectivity index (χ0n) is 14.1. The van der Waals surface area contributed by atoms with Crippen LogP contribution in [0.5, 0.6) is 0 Å². The van der Waals surface area contributed by atoms with Gasteiger partial charge in [-0.1, -0.05) is 6.07 Å². The third-order valence-electron chi connectivity index (χ3n) is 4.79. The van der Waals surface area contributed by atoms with E-state index in [1.165, 1.54) is 5.56 Å². The van der Waals surface area contributed by atoms with Crippen LogP contribution in [-0.2, 0) is 17.8 Å². The SMILES string of the molecule is CCn1ccnc1[C@H]1OCC[C@@H]1NCc1cnc2c(C)cccn12. The standard InChI is InChI=1S/C18H23N5O/c1-3-22-9-7-19-18(22)16-15(6-10-24-16)20-11-14-12-21-17-13(2)5-4-8-23(14)17/h4-5,7-9,12,15-16,20H,3,6,10-11H2,1-2H3/t15-,16-/m0/s1. The van der Waals surface area contributed by atoms with Gasteiger partial charge in [0.05, 0.1) is 11.9 Å². The fourth-order valence-corrected chi connectivity index (χ4v) is 3.47. The van der Waals surface area contributed by atoms with Gasteiger partial charge in [-0.25, -0.2) is 9.97 Å². The van der Waals surface area contributed by atoms with Gasteiger partial charge >= 0.3 is 0 Å². The van der Waals surface area contributed by atoms with Crippen molar-refractivity contribution in [2.24, 2.45) is 0 Å². The van der Waals surface area contributed by atoms with Gasteiger partial charge in [0, 0.05) is 44.3 Å². The summed E-state index contributed by atoms with van der Waals surface area (Å²) in [5, 5.41) is 3.65. The Morgan fingerprint density at radius 3 is 3.12 bits per heavy atom. The van der Waals surface area contributed by atoms with Crippen LogP contribution in [0.3, 0.4) is 0 Å². The zero-order valence-corrected chi connectivity index (χ0v) is 14.1. The molecule has 6 heteroatoms. The molecule has 0 aromatic carbocycles. The summed E-state index contributed by atoms with van der Waals surface area (Å²) in [6.07, 6.45) is 8.90. The Bertz CT molecular complexity index is 837. The van der Waals surface area contributed by atoms with Gasteiger partial charge in [0.25, 0.3) is 0 Å². The molecule has 4 rings (SSSR count). The number of hydrogen-bond donors (Lipinski definition) is 1. The van der Waals surface area contributed by atoms with E-state index in [9.17, 15) is 0 Å². The predicted molar refractivity (Wildman–Crippen MR) is 91.8 cm³/mol. The van der Waals surface area contributed by atoms with Crippen LogP contribution in [0.1, 0.15) is 36.5 Å². The van der Waals surface area contributed by atoms with Crippen molar-refractivity contribution >= 4 is 5.65 Å². The molecule has 2 atom stereocenters. The van der Waals surface area contributed by atoms with Crippen LogP contribution in [-0.4, -0.2) is 31.6 Å². The van der Waals surface area contributed by atoms with Crippen LogP contribution in [0.4, 0.5) is 0 Å². The molecule has 0 amide bonds. The molecule has 0 spiro atoms. The molecule has 24 heavy (non-hydrogen) atoms. The molecule has 6 nitrogen and oxygen atoms in total. The van der Waals surface area contributed by atoms with Crippen LogP contribution < -0.4 is 5.32 Å². The lowest BCUT2D eigenvalue weighted by atomic mass is 10.1. The van der Waals surface area contributed by atoms with Crippen molar-refractivity contribution in [2.75, 3.05) is 6.61 Å². The molecule has 0 unspecified atom stereocenters. The minimum atomic E-state index is 0.0147. The Morgan fingerprint density at radius 1 is 1.33 bits per heavy atom. The summed E-state index contributed by atoms with van der Waals surface area (Å²) in [5.74, 6) is 1.02. The van der Waals surface area contributed by atoms with Gasteiger partial charge < -0.3 is 19.0 Å². The van der Waals surface area contributed by atoms with Crippen LogP contribution in [0, 0.1) is 6.92 Å². The second kappa shape index (κ2) is 6.37. The maximum Gasteiger partial charge on any atom is 0.139 e. The molecule has 0 aliphatic carbocycles. The van der Waals surface area contributed by atoms with Gasteiger partial charge in [-0.2, -0.15) is 0 Å². The van der Waals surface area contributed by atoms with Crippen molar-refractivity contribution in [1.82, 2.24) is 24.3 Å². The Balaban J connectivity index is 1.51. The van der Waals surface area contributed by atoms with Gasteiger partial charge in [0.2, 0.25) is 0 Å². The lowest BCUT2D eigenvalue weighted by molar-refractivity contribution is 0.0885. The molecule has 4 heterocycles. The highest BCUT2D eigenvalue weighted by molar-refractivity contribution is 5.48. The van der Waals surface area contributed by atoms with Gasteiger partial charge in [0.1, 0.15) is 17.6 Å². The van der Waals surface area contributed by atoms with Gasteiger partial charge in [-0.15, -0.1) is 0 Å². The van der Waals surface area contributed by atoms with Crippen molar-refractivity contribution in [1.29, 1.82) is 0 Å². The molecule has 1 aliphatic rings. The molecule has 0 saturated carbocycles. The molecule has 126 valence electrons. The highest BCUT2D eigenvalue weighted by Crippen LogP contribution is 2.28. The predicted octanol–water partition coefficient (Wildman–Crippen LogP) is 2.48. The van der Waals surface area contributed by atoms with Gasteiger partial charge in [0.15, 0.2) is 0 Å². The van der Waals surface area contributed by atoms with Crippen LogP contribution >= 0.6 is 0 Å². The van der Waals surface area contributed by atoms with E-state index in [0.717, 1.165) is 43.3 Å². The molecule has 0 radical (unpaired) electrons. The van der Waals surface area contributed by atoms with Crippen molar-refractivity contribution in [3.8, 4) is 0 Å². The van der Waals surface area contributed by atoms with E-state index in [2.05, 4.69) is 56.4 Å². The van der Waals surface area contributed by atoms with Crippen LogP contribution in [0.25, 0.3) is 5.65 Å². The summed E-state index contributed by atoms with van der Waals surface area (Å²) >= 11 is 0. The van der Waals surface area contributed by atoms with E-state index in [-0.39, 0.29) is 12.1 Å². The first-order valence-electron chi connectivity index (χ1n) is 8.55. The summed E-state index contributed by atoms with van der Waals surface area (Å²) in [4.78, 5) is 9.04. The first-order chi connectivity index (χ1) is 11.8. The minimum absolute atomic E-state index is 0.0147. The summed E-state index contributed by atoms with van der Waals surface area (Å²) in [7, 11) is 0. The Morgan fingerprint density at radius 2 is 2.25 bits per heavy atom. The highest BCUT2D eigenvalue weighted by atomic mass is 16.5. The van der Waals surface area contributed by atoms with Gasteiger partial charge in [-0.3, -0.25) is 0 Å². The fraction of sp³-hybridized carbons (Fsp3) is 0.444. The van der Waals surface area contributed by atoms with E-state index in [1.807, 2.05) is 18.6 Å². The number of aromatic nitrogens is 4. The summed E-state index contributed by atoms with van der Waals surface area (Å²) in [6, 6.07) is 4.42. The Kier molecular flexibility index (Phi) is 4.08. The molecule has 0 bridgehead atoms. The number of ether oxygens (including phenoxy) is 1.